The third kappa shape index (κ3) is 2.66. The largest absolute Gasteiger partial charge is 0.489 e. The van der Waals surface area contributed by atoms with Crippen molar-refractivity contribution < 1.29 is 4.74 Å². The van der Waals surface area contributed by atoms with Gasteiger partial charge in [-0.05, 0) is 12.1 Å². The molecule has 0 N–H and O–H groups in total. The van der Waals surface area contributed by atoms with Crippen LogP contribution in [0.1, 0.15) is 5.56 Å². The van der Waals surface area contributed by atoms with Gasteiger partial charge in [-0.1, -0.05) is 24.3 Å². The molecule has 0 aliphatic carbocycles. The van der Waals surface area contributed by atoms with Crippen molar-refractivity contribution in [2.45, 2.75) is 0 Å². The highest BCUT2D eigenvalue weighted by Crippen LogP contribution is 2.21. The molecule has 0 saturated carbocycles. The molecule has 1 aromatic carbocycles. The van der Waals surface area contributed by atoms with Gasteiger partial charge in [0.05, 0.1) is 0 Å². The van der Waals surface area contributed by atoms with Crippen LogP contribution in [0.25, 0.3) is 6.08 Å². The van der Waals surface area contributed by atoms with E-state index >= 15 is 0 Å². The van der Waals surface area contributed by atoms with E-state index in [0.29, 0.717) is 6.61 Å². The lowest BCUT2D eigenvalue weighted by molar-refractivity contribution is 0.358. The van der Waals surface area contributed by atoms with Gasteiger partial charge in [0.25, 0.3) is 0 Å². The summed E-state index contributed by atoms with van der Waals surface area (Å²) in [6, 6.07) is 10.5. The molecule has 0 spiro atoms. The number of rotatable bonds is 0. The van der Waals surface area contributed by atoms with Crippen LogP contribution >= 0.6 is 0 Å². The van der Waals surface area contributed by atoms with Crippen molar-refractivity contribution in [2.75, 3.05) is 6.61 Å². The Labute approximate surface area is 82.5 Å². The molecule has 3 heteroatoms. The van der Waals surface area contributed by atoms with E-state index < -0.39 is 0 Å². The second kappa shape index (κ2) is 5.40. The molecular formula is C11H8N2O. The molecule has 1 heterocycles. The fraction of sp³-hybridized carbons (Fsp3) is 0.0909. The van der Waals surface area contributed by atoms with Gasteiger partial charge in [0.2, 0.25) is 0 Å². The lowest BCUT2D eigenvalue weighted by Gasteiger charge is -2.10. The lowest BCUT2D eigenvalue weighted by atomic mass is 10.1. The van der Waals surface area contributed by atoms with E-state index in [9.17, 15) is 0 Å². The molecule has 0 fully saturated rings. The summed E-state index contributed by atoms with van der Waals surface area (Å²) in [6.45, 7) is 0.705. The van der Waals surface area contributed by atoms with Gasteiger partial charge >= 0.3 is 0 Å². The van der Waals surface area contributed by atoms with Gasteiger partial charge < -0.3 is 4.74 Å². The van der Waals surface area contributed by atoms with Crippen molar-refractivity contribution in [3.8, 4) is 17.9 Å². The minimum Gasteiger partial charge on any atom is -0.489 e. The highest BCUT2D eigenvalue weighted by molar-refractivity contribution is 5.58. The Morgan fingerprint density at radius 2 is 1.86 bits per heavy atom. The summed E-state index contributed by atoms with van der Waals surface area (Å²) in [6.07, 6.45) is 4.10. The molecule has 0 amide bonds. The first-order valence-electron chi connectivity index (χ1n) is 4.05. The first kappa shape index (κ1) is 9.83. The van der Waals surface area contributed by atoms with Crippen LogP contribution in [0.3, 0.4) is 0 Å². The monoisotopic (exact) mass is 184 g/mol. The maximum Gasteiger partial charge on any atom is 0.181 e. The summed E-state index contributed by atoms with van der Waals surface area (Å²) >= 11 is 0. The zero-order chi connectivity index (χ0) is 10.2. The maximum atomic E-state index is 7.26. The average Bonchev–Trinajstić information content (AvgIpc) is 2.30. The predicted octanol–water partition coefficient (Wildman–Crippen LogP) is 2.13. The van der Waals surface area contributed by atoms with Crippen molar-refractivity contribution in [1.29, 1.82) is 10.5 Å². The number of hydrogen-bond donors (Lipinski definition) is 0. The number of benzene rings is 1. The summed E-state index contributed by atoms with van der Waals surface area (Å²) in [5.74, 6) is 0.991. The molecule has 14 heavy (non-hydrogen) atoms. The van der Waals surface area contributed by atoms with E-state index in [1.54, 1.807) is 0 Å². The van der Waals surface area contributed by atoms with Crippen LogP contribution in [0.5, 0.6) is 5.75 Å². The van der Waals surface area contributed by atoms with E-state index in [1.165, 1.54) is 17.7 Å². The van der Waals surface area contributed by atoms with Crippen molar-refractivity contribution in [3.05, 3.63) is 35.9 Å². The van der Waals surface area contributed by atoms with Gasteiger partial charge in [0.15, 0.2) is 12.1 Å². The Bertz CT molecular complexity index is 398. The fourth-order valence-corrected chi connectivity index (χ4v) is 1.06. The molecule has 3 nitrogen and oxygen atoms in total. The molecule has 0 atom stereocenters. The maximum absolute atomic E-state index is 7.26. The molecule has 0 unspecified atom stereocenters. The summed E-state index contributed by atoms with van der Waals surface area (Å²) in [7, 11) is 0. The molecule has 68 valence electrons. The third-order valence-electron chi connectivity index (χ3n) is 1.60. The molecule has 1 aliphatic rings. The zero-order valence-corrected chi connectivity index (χ0v) is 7.47. The molecule has 0 saturated heterocycles. The van der Waals surface area contributed by atoms with Crippen LogP contribution in [0.4, 0.5) is 0 Å². The predicted molar refractivity (Wildman–Crippen MR) is 52.2 cm³/mol. The lowest BCUT2D eigenvalue weighted by Crippen LogP contribution is -1.98. The van der Waals surface area contributed by atoms with Crippen molar-refractivity contribution in [3.63, 3.8) is 0 Å². The quantitative estimate of drug-likeness (QED) is 0.620. The van der Waals surface area contributed by atoms with Crippen molar-refractivity contribution in [2.24, 2.45) is 0 Å². The molecule has 1 aliphatic heterocycles. The number of nitriles is 2. The molecule has 2 rings (SSSR count). The van der Waals surface area contributed by atoms with Gasteiger partial charge in [-0.15, -0.1) is 0 Å². The zero-order valence-electron chi connectivity index (χ0n) is 7.47. The van der Waals surface area contributed by atoms with Gasteiger partial charge in [-0.3, -0.25) is 0 Å². The van der Waals surface area contributed by atoms with Crippen molar-refractivity contribution in [1.82, 2.24) is 0 Å². The summed E-state index contributed by atoms with van der Waals surface area (Å²) in [4.78, 5) is 0. The highest BCUT2D eigenvalue weighted by Gasteiger charge is 2.01. The third-order valence-corrected chi connectivity index (χ3v) is 1.60. The number of fused-ring (bicyclic) bond motifs is 1. The minimum atomic E-state index is 0.705. The topological polar surface area (TPSA) is 56.8 Å². The Kier molecular flexibility index (Phi) is 3.79. The highest BCUT2D eigenvalue weighted by atomic mass is 16.5. The van der Waals surface area contributed by atoms with Crippen molar-refractivity contribution >= 4 is 6.08 Å². The van der Waals surface area contributed by atoms with Crippen LogP contribution in [0, 0.1) is 22.7 Å². The van der Waals surface area contributed by atoms with E-state index in [0.717, 1.165) is 5.75 Å². The van der Waals surface area contributed by atoms with Gasteiger partial charge in [-0.2, -0.15) is 10.5 Å². The molecule has 0 aromatic heterocycles. The Hall–Kier alpha value is -2.26. The first-order valence-corrected chi connectivity index (χ1v) is 4.05. The first-order chi connectivity index (χ1) is 6.88. The van der Waals surface area contributed by atoms with Gasteiger partial charge in [0, 0.05) is 5.56 Å². The minimum absolute atomic E-state index is 0.705. The Balaban J connectivity index is 0.000000213. The van der Waals surface area contributed by atoms with E-state index in [2.05, 4.69) is 6.08 Å². The van der Waals surface area contributed by atoms with E-state index in [-0.39, 0.29) is 0 Å². The Morgan fingerprint density at radius 1 is 1.14 bits per heavy atom. The standard InChI is InChI=1S/C9H8O.C2N2/c1-2-6-9-8(4-1)5-3-7-10-9;3-1-2-4/h1-6H,7H2;. The number of nitrogens with zero attached hydrogens (tertiary/aromatic N) is 2. The Morgan fingerprint density at radius 3 is 2.50 bits per heavy atom. The van der Waals surface area contributed by atoms with Gasteiger partial charge in [0.1, 0.15) is 12.4 Å². The molecule has 0 radical (unpaired) electrons. The summed E-state index contributed by atoms with van der Waals surface area (Å²) < 4.78 is 5.34. The van der Waals surface area contributed by atoms with Crippen LogP contribution in [-0.4, -0.2) is 6.61 Å². The number of ether oxygens (including phenoxy) is 1. The van der Waals surface area contributed by atoms with Crippen LogP contribution in [0.2, 0.25) is 0 Å². The second-order valence-electron chi connectivity index (χ2n) is 2.47. The molecule has 0 bridgehead atoms. The smallest absolute Gasteiger partial charge is 0.181 e. The normalized spacial score (nSPS) is 10.7. The van der Waals surface area contributed by atoms with E-state index in [4.69, 9.17) is 15.3 Å². The van der Waals surface area contributed by atoms with Gasteiger partial charge in [-0.25, -0.2) is 0 Å². The fourth-order valence-electron chi connectivity index (χ4n) is 1.06. The summed E-state index contributed by atoms with van der Waals surface area (Å²) in [5.41, 5.74) is 1.17. The molecular weight excluding hydrogens is 176 g/mol. The van der Waals surface area contributed by atoms with E-state index in [1.807, 2.05) is 30.3 Å². The number of para-hydroxylation sites is 1. The SMILES string of the molecule is C1=Cc2ccccc2OC1.N#CC#N. The summed E-state index contributed by atoms with van der Waals surface area (Å²) in [5, 5.41) is 14.5. The molecule has 1 aromatic rings. The van der Waals surface area contributed by atoms with Crippen LogP contribution < -0.4 is 4.74 Å². The number of hydrogen-bond acceptors (Lipinski definition) is 3. The second-order valence-corrected chi connectivity index (χ2v) is 2.47. The average molecular weight is 184 g/mol. The van der Waals surface area contributed by atoms with Crippen LogP contribution in [-0.2, 0) is 0 Å². The van der Waals surface area contributed by atoms with Crippen LogP contribution in [0.15, 0.2) is 30.3 Å².